The van der Waals surface area contributed by atoms with Crippen LogP contribution in [0.4, 0.5) is 0 Å². The average Bonchev–Trinajstić information content (AvgIpc) is 4.04. The van der Waals surface area contributed by atoms with Gasteiger partial charge in [0.05, 0.1) is 32.4 Å². The van der Waals surface area contributed by atoms with Crippen molar-refractivity contribution in [2.45, 2.75) is 96.5 Å². The largest absolute Gasteiger partial charge is 0.379 e. The molecule has 2 aromatic carbocycles. The van der Waals surface area contributed by atoms with E-state index in [0.717, 1.165) is 11.1 Å². The fourth-order valence-corrected chi connectivity index (χ4v) is 7.02. The molecule has 3 fully saturated rings. The maximum Gasteiger partial charge on any atom is 0.243 e. The summed E-state index contributed by atoms with van der Waals surface area (Å²) >= 11 is 0. The summed E-state index contributed by atoms with van der Waals surface area (Å²) in [6, 6.07) is 15.4. The molecule has 0 bridgehead atoms. The van der Waals surface area contributed by atoms with E-state index in [2.05, 4.69) is 21.3 Å². The van der Waals surface area contributed by atoms with Crippen LogP contribution in [0.3, 0.4) is 0 Å². The quantitative estimate of drug-likeness (QED) is 0.161. The molecule has 2 heterocycles. The first-order valence-corrected chi connectivity index (χ1v) is 19.0. The van der Waals surface area contributed by atoms with E-state index in [1.807, 2.05) is 93.3 Å². The molecule has 2 saturated heterocycles. The minimum absolute atomic E-state index is 0.120. The third kappa shape index (κ3) is 11.7. The highest BCUT2D eigenvalue weighted by Crippen LogP contribution is 2.53. The zero-order valence-corrected chi connectivity index (χ0v) is 31.8. The van der Waals surface area contributed by atoms with Crippen LogP contribution in [-0.4, -0.2) is 104 Å². The molecule has 4 N–H and O–H groups in total. The van der Waals surface area contributed by atoms with E-state index in [1.54, 1.807) is 6.92 Å². The average molecular weight is 732 g/mol. The summed E-state index contributed by atoms with van der Waals surface area (Å²) < 4.78 is 10.8. The lowest BCUT2D eigenvalue weighted by Gasteiger charge is -2.29. The number of ketones is 1. The molecule has 12 heteroatoms. The van der Waals surface area contributed by atoms with Crippen LogP contribution in [0.2, 0.25) is 0 Å². The normalized spacial score (nSPS) is 22.8. The number of epoxide rings is 1. The fraction of sp³-hybridized carbons (Fsp3) is 0.585. The number of benzene rings is 2. The van der Waals surface area contributed by atoms with Gasteiger partial charge in [-0.2, -0.15) is 0 Å². The number of nitrogens with zero attached hydrogens (tertiary/aromatic N) is 1. The summed E-state index contributed by atoms with van der Waals surface area (Å²) in [5, 5.41) is 11.8. The SMILES string of the molecule is CC(C)C[C@H](NC(=O)[C@H](Cc1ccccc1)NC(=O)[C@@H](NC(=O)[C@H](CCc1ccccc1)NC(=O)CN1CCOCC1)C1CC1(C)C)C(=O)[C@@]1(C)CO1. The van der Waals surface area contributed by atoms with Crippen molar-refractivity contribution < 1.29 is 33.4 Å². The zero-order valence-electron chi connectivity index (χ0n) is 31.8. The number of rotatable bonds is 19. The van der Waals surface area contributed by atoms with Crippen LogP contribution < -0.4 is 21.3 Å². The van der Waals surface area contributed by atoms with Gasteiger partial charge in [0.15, 0.2) is 5.78 Å². The van der Waals surface area contributed by atoms with Crippen LogP contribution >= 0.6 is 0 Å². The van der Waals surface area contributed by atoms with Crippen LogP contribution in [0.15, 0.2) is 60.7 Å². The van der Waals surface area contributed by atoms with E-state index >= 15 is 0 Å². The van der Waals surface area contributed by atoms with Gasteiger partial charge in [-0.05, 0) is 61.0 Å². The molecule has 4 amide bonds. The van der Waals surface area contributed by atoms with E-state index in [-0.39, 0.29) is 41.9 Å². The second-order valence-corrected chi connectivity index (χ2v) is 16.1. The fourth-order valence-electron chi connectivity index (χ4n) is 7.02. The lowest BCUT2D eigenvalue weighted by atomic mass is 9.93. The van der Waals surface area contributed by atoms with Crippen molar-refractivity contribution in [2.75, 3.05) is 39.5 Å². The summed E-state index contributed by atoms with van der Waals surface area (Å²) in [6.07, 6.45) is 2.18. The van der Waals surface area contributed by atoms with Gasteiger partial charge in [-0.15, -0.1) is 0 Å². The van der Waals surface area contributed by atoms with Crippen LogP contribution in [0, 0.1) is 17.3 Å². The molecule has 0 aromatic heterocycles. The highest BCUT2D eigenvalue weighted by molar-refractivity contribution is 5.99. The Morgan fingerprint density at radius 3 is 1.91 bits per heavy atom. The Bertz CT molecular complexity index is 1570. The van der Waals surface area contributed by atoms with E-state index in [1.165, 1.54) is 0 Å². The van der Waals surface area contributed by atoms with Crippen molar-refractivity contribution in [3.8, 4) is 0 Å². The Hall–Kier alpha value is -4.13. The number of aryl methyl sites for hydroxylation is 1. The molecule has 2 aliphatic heterocycles. The van der Waals surface area contributed by atoms with E-state index in [0.29, 0.717) is 58.6 Å². The standard InChI is InChI=1S/C41H57N5O7/c1-27(2)22-32(36(48)41(5)26-53-41)43-38(50)33(23-29-14-10-7-11-15-29)44-39(51)35(30-24-40(30,3)4)45-37(49)31(17-16-28-12-8-6-9-13-28)42-34(47)25-46-18-20-52-21-19-46/h6-15,27,30-33,35H,16-26H2,1-5H3,(H,42,47)(H,43,50)(H,44,51)(H,45,49)/t30?,31-,32-,33-,35-,41+/m0/s1. The lowest BCUT2D eigenvalue weighted by Crippen LogP contribution is -2.59. The predicted octanol–water partition coefficient (Wildman–Crippen LogP) is 2.58. The van der Waals surface area contributed by atoms with E-state index < -0.39 is 47.5 Å². The Labute approximate surface area is 313 Å². The third-order valence-corrected chi connectivity index (χ3v) is 10.6. The minimum Gasteiger partial charge on any atom is -0.379 e. The first-order valence-electron chi connectivity index (χ1n) is 19.0. The number of hydrogen-bond donors (Lipinski definition) is 4. The molecule has 0 radical (unpaired) electrons. The molecule has 1 aliphatic carbocycles. The van der Waals surface area contributed by atoms with Gasteiger partial charge in [-0.3, -0.25) is 28.9 Å². The molecule has 12 nitrogen and oxygen atoms in total. The monoisotopic (exact) mass is 731 g/mol. The maximum atomic E-state index is 14.3. The first-order chi connectivity index (χ1) is 25.2. The number of carbonyl (C=O) groups excluding carboxylic acids is 5. The molecule has 53 heavy (non-hydrogen) atoms. The first kappa shape index (κ1) is 40.1. The molecule has 1 unspecified atom stereocenters. The number of nitrogens with one attached hydrogen (secondary N) is 4. The number of hydrogen-bond acceptors (Lipinski definition) is 8. The van der Waals surface area contributed by atoms with Gasteiger partial charge in [0.25, 0.3) is 0 Å². The highest BCUT2D eigenvalue weighted by atomic mass is 16.6. The summed E-state index contributed by atoms with van der Waals surface area (Å²) in [5.41, 5.74) is 0.706. The summed E-state index contributed by atoms with van der Waals surface area (Å²) in [7, 11) is 0. The summed E-state index contributed by atoms with van der Waals surface area (Å²) in [5.74, 6) is -1.96. The molecule has 1 saturated carbocycles. The zero-order chi connectivity index (χ0) is 38.2. The van der Waals surface area contributed by atoms with Gasteiger partial charge < -0.3 is 30.7 Å². The molecule has 5 rings (SSSR count). The Balaban J connectivity index is 1.33. The number of amides is 4. The van der Waals surface area contributed by atoms with Crippen LogP contribution in [0.1, 0.15) is 65.0 Å². The smallest absolute Gasteiger partial charge is 0.243 e. The van der Waals surface area contributed by atoms with Crippen LogP contribution in [-0.2, 0) is 46.3 Å². The van der Waals surface area contributed by atoms with Gasteiger partial charge in [0, 0.05) is 19.5 Å². The minimum atomic E-state index is -1.02. The number of morpholine rings is 1. The molecule has 288 valence electrons. The van der Waals surface area contributed by atoms with Crippen molar-refractivity contribution >= 4 is 29.4 Å². The number of ether oxygens (including phenoxy) is 2. The molecular formula is C41H57N5O7. The van der Waals surface area contributed by atoms with Crippen LogP contribution in [0.5, 0.6) is 0 Å². The number of carbonyl (C=O) groups is 5. The van der Waals surface area contributed by atoms with Crippen molar-refractivity contribution in [2.24, 2.45) is 17.3 Å². The Morgan fingerprint density at radius 2 is 1.34 bits per heavy atom. The molecule has 6 atom stereocenters. The van der Waals surface area contributed by atoms with Crippen molar-refractivity contribution in [3.63, 3.8) is 0 Å². The van der Waals surface area contributed by atoms with Crippen molar-refractivity contribution in [1.82, 2.24) is 26.2 Å². The number of Topliss-reactive ketones (excluding diaryl/α,β-unsaturated/α-hetero) is 1. The molecular weight excluding hydrogens is 674 g/mol. The topological polar surface area (TPSA) is 158 Å². The molecule has 0 spiro atoms. The maximum absolute atomic E-state index is 14.3. The van der Waals surface area contributed by atoms with Gasteiger partial charge in [0.2, 0.25) is 23.6 Å². The van der Waals surface area contributed by atoms with Gasteiger partial charge in [0.1, 0.15) is 23.7 Å². The molecule has 2 aromatic rings. The van der Waals surface area contributed by atoms with Crippen molar-refractivity contribution in [3.05, 3.63) is 71.8 Å². The summed E-state index contributed by atoms with van der Waals surface area (Å²) in [4.78, 5) is 71.1. The highest BCUT2D eigenvalue weighted by Gasteiger charge is 2.54. The lowest BCUT2D eigenvalue weighted by molar-refractivity contribution is -0.135. The van der Waals surface area contributed by atoms with E-state index in [4.69, 9.17) is 9.47 Å². The van der Waals surface area contributed by atoms with Gasteiger partial charge in [-0.25, -0.2) is 0 Å². The van der Waals surface area contributed by atoms with Crippen LogP contribution in [0.25, 0.3) is 0 Å². The second kappa shape index (κ2) is 17.8. The Kier molecular flexibility index (Phi) is 13.5. The van der Waals surface area contributed by atoms with Gasteiger partial charge >= 0.3 is 0 Å². The molecule has 3 aliphatic rings. The summed E-state index contributed by atoms with van der Waals surface area (Å²) in [6.45, 7) is 12.6. The predicted molar refractivity (Wildman–Crippen MR) is 201 cm³/mol. The second-order valence-electron chi connectivity index (χ2n) is 16.1. The van der Waals surface area contributed by atoms with Crippen molar-refractivity contribution in [1.29, 1.82) is 0 Å². The van der Waals surface area contributed by atoms with E-state index in [9.17, 15) is 24.0 Å². The third-order valence-electron chi connectivity index (χ3n) is 10.6. The van der Waals surface area contributed by atoms with Gasteiger partial charge in [-0.1, -0.05) is 88.4 Å². The Morgan fingerprint density at radius 1 is 0.774 bits per heavy atom.